The molecule has 128 valence electrons. The molecule has 0 saturated heterocycles. The summed E-state index contributed by atoms with van der Waals surface area (Å²) >= 11 is 0. The Morgan fingerprint density at radius 3 is 0.643 bits per heavy atom. The maximum atomic E-state index is 10.7. The van der Waals surface area contributed by atoms with Crippen LogP contribution in [0.3, 0.4) is 0 Å². The van der Waals surface area contributed by atoms with E-state index in [2.05, 4.69) is 17.2 Å². The number of hydrogen-bond donors (Lipinski definition) is 0. The largest absolute Gasteiger partial charge is 1.00 e. The molecule has 0 N–H and O–H groups in total. The van der Waals surface area contributed by atoms with E-state index < -0.39 is 39.1 Å². The van der Waals surface area contributed by atoms with Crippen molar-refractivity contribution in [1.82, 2.24) is 0 Å². The van der Waals surface area contributed by atoms with Crippen LogP contribution in [0.15, 0.2) is 0 Å². The third-order valence-corrected chi connectivity index (χ3v) is 7.20. The fourth-order valence-electron chi connectivity index (χ4n) is 0.535. The van der Waals surface area contributed by atoms with Crippen LogP contribution in [0.4, 0.5) is 0 Å². The summed E-state index contributed by atoms with van der Waals surface area (Å²) in [5.41, 5.74) is 0. The summed E-state index contributed by atoms with van der Waals surface area (Å²) in [5.74, 6) is 0. The van der Waals surface area contributed by atoms with Crippen LogP contribution in [-0.2, 0) is 40.1 Å². The standard InChI is InChI=1S/7K.H7O16P5/c;;;;;;;1-17(2,3)13-19(7,8)15-21(11,12)16-20(9,10)14-18(4,5)6/h;;;;;;;(H,7,8)(H,9,10)(H,11,12)(H2,1,2,3)(H2,4,5,6)/q7*+1;/p-7. The van der Waals surface area contributed by atoms with Crippen LogP contribution in [0.5, 0.6) is 0 Å². The molecule has 0 bridgehead atoms. The second-order valence-electron chi connectivity index (χ2n) is 2.56. The summed E-state index contributed by atoms with van der Waals surface area (Å²) in [6, 6.07) is 0. The van der Waals surface area contributed by atoms with E-state index in [-0.39, 0.29) is 360 Å². The van der Waals surface area contributed by atoms with Gasteiger partial charge in [0.15, 0.2) is 0 Å². The first-order valence-corrected chi connectivity index (χ1v) is 11.0. The average Bonchev–Trinajstić information content (AvgIpc) is 1.83. The van der Waals surface area contributed by atoms with E-state index >= 15 is 0 Å². The molecule has 16 nitrogen and oxygen atoms in total. The molecule has 0 spiro atoms. The molecule has 0 fully saturated rings. The van der Waals surface area contributed by atoms with E-state index in [1.54, 1.807) is 0 Å². The predicted octanol–water partition coefficient (Wildman–Crippen LogP) is -25.9. The molecule has 0 rings (SSSR count). The first kappa shape index (κ1) is 59.5. The van der Waals surface area contributed by atoms with Crippen molar-refractivity contribution >= 4 is 39.1 Å². The van der Waals surface area contributed by atoms with Gasteiger partial charge in [-0.2, -0.15) is 0 Å². The number of rotatable bonds is 8. The molecular formula is K7O16P5. The Balaban J connectivity index is -0.0000000952. The van der Waals surface area contributed by atoms with E-state index in [0.717, 1.165) is 0 Å². The third-order valence-electron chi connectivity index (χ3n) is 0.800. The van der Waals surface area contributed by atoms with Gasteiger partial charge in [-0.25, -0.2) is 8.62 Å². The Labute approximate surface area is 457 Å². The Kier molecular flexibility index (Phi) is 56.9. The van der Waals surface area contributed by atoms with Crippen molar-refractivity contribution in [3.8, 4) is 0 Å². The quantitative estimate of drug-likeness (QED) is 0.169. The molecule has 0 aliphatic rings. The molecule has 0 aliphatic heterocycles. The van der Waals surface area contributed by atoms with Crippen molar-refractivity contribution in [2.24, 2.45) is 0 Å². The van der Waals surface area contributed by atoms with Crippen LogP contribution >= 0.6 is 39.1 Å². The van der Waals surface area contributed by atoms with E-state index in [9.17, 15) is 57.1 Å². The van der Waals surface area contributed by atoms with Gasteiger partial charge in [-0.3, -0.25) is 22.3 Å². The van der Waals surface area contributed by atoms with Crippen LogP contribution in [0.25, 0.3) is 0 Å². The molecule has 0 aromatic carbocycles. The van der Waals surface area contributed by atoms with E-state index in [1.165, 1.54) is 0 Å². The maximum Gasteiger partial charge on any atom is 1.00 e. The van der Waals surface area contributed by atoms with Crippen LogP contribution in [-0.4, -0.2) is 0 Å². The zero-order chi connectivity index (χ0) is 17.3. The topological polar surface area (TPSA) is 284 Å². The molecule has 0 aromatic rings. The van der Waals surface area contributed by atoms with Crippen molar-refractivity contribution in [3.05, 3.63) is 0 Å². The predicted molar refractivity (Wildman–Crippen MR) is 42.4 cm³/mol. The van der Waals surface area contributed by atoms with Gasteiger partial charge in [0.2, 0.25) is 0 Å². The summed E-state index contributed by atoms with van der Waals surface area (Å²) in [6.45, 7) is 0. The molecule has 0 saturated carbocycles. The molecule has 0 aromatic heterocycles. The maximum absolute atomic E-state index is 10.7. The zero-order valence-corrected chi connectivity index (χ0v) is 42.1. The van der Waals surface area contributed by atoms with E-state index in [0.29, 0.717) is 0 Å². The van der Waals surface area contributed by atoms with Gasteiger partial charge < -0.3 is 43.4 Å². The SMILES string of the molecule is O=P([O-])([O-])OP(=O)([O-])OP(=O)([O-])OP(=O)([O-])OP(=O)([O-])[O-].[K+].[K+].[K+].[K+].[K+].[K+].[K+]. The summed E-state index contributed by atoms with van der Waals surface area (Å²) in [6.07, 6.45) is 0. The first-order valence-electron chi connectivity index (χ1n) is 3.65. The molecular weight excluding hydrogens is 685 g/mol. The van der Waals surface area contributed by atoms with E-state index in [4.69, 9.17) is 0 Å². The zero-order valence-electron chi connectivity index (χ0n) is 15.8. The average molecular weight is 685 g/mol. The smallest absolute Gasteiger partial charge is 0.790 e. The second-order valence-corrected chi connectivity index (χ2v) is 9.65. The van der Waals surface area contributed by atoms with Crippen LogP contribution < -0.4 is 394 Å². The van der Waals surface area contributed by atoms with Gasteiger partial charge in [-0.15, -0.1) is 0 Å². The fourth-order valence-corrected chi connectivity index (χ4v) is 5.62. The normalized spacial score (nSPS) is 16.5. The van der Waals surface area contributed by atoms with Gasteiger partial charge in [0.05, 0.1) is 15.6 Å². The molecule has 28 heteroatoms. The minimum absolute atomic E-state index is 0. The molecule has 0 aliphatic carbocycles. The summed E-state index contributed by atoms with van der Waals surface area (Å²) in [7, 11) is -32.1. The van der Waals surface area contributed by atoms with Gasteiger partial charge in [0, 0.05) is 0 Å². The van der Waals surface area contributed by atoms with Gasteiger partial charge in [-0.1, -0.05) is 0 Å². The summed E-state index contributed by atoms with van der Waals surface area (Å²) in [5, 5.41) is 0. The number of hydrogen-bond acceptors (Lipinski definition) is 16. The summed E-state index contributed by atoms with van der Waals surface area (Å²) < 4.78 is 62.6. The Bertz CT molecular complexity index is 569. The molecule has 0 radical (unpaired) electrons. The van der Waals surface area contributed by atoms with E-state index in [1.807, 2.05) is 0 Å². The van der Waals surface area contributed by atoms with Crippen molar-refractivity contribution in [3.63, 3.8) is 0 Å². The molecule has 2 unspecified atom stereocenters. The molecule has 0 heterocycles. The molecule has 2 atom stereocenters. The Hall–Kier alpha value is 12.2. The van der Waals surface area contributed by atoms with Crippen LogP contribution in [0.1, 0.15) is 0 Å². The summed E-state index contributed by atoms with van der Waals surface area (Å²) in [4.78, 5) is 71.5. The number of phosphoric acid groups is 5. The van der Waals surface area contributed by atoms with Gasteiger partial charge in [-0.05, 0) is 0 Å². The second kappa shape index (κ2) is 26.8. The minimum Gasteiger partial charge on any atom is -0.790 e. The van der Waals surface area contributed by atoms with Crippen molar-refractivity contribution in [1.29, 1.82) is 0 Å². The van der Waals surface area contributed by atoms with Gasteiger partial charge in [0.25, 0.3) is 23.5 Å². The Morgan fingerprint density at radius 1 is 0.357 bits per heavy atom. The molecule has 0 amide bonds. The third kappa shape index (κ3) is 40.3. The van der Waals surface area contributed by atoms with Gasteiger partial charge in [0.1, 0.15) is 0 Å². The molecule has 28 heavy (non-hydrogen) atoms. The van der Waals surface area contributed by atoms with Gasteiger partial charge >= 0.3 is 360 Å². The van der Waals surface area contributed by atoms with Crippen molar-refractivity contribution in [2.75, 3.05) is 0 Å². The van der Waals surface area contributed by atoms with Crippen LogP contribution in [0, 0.1) is 0 Å². The van der Waals surface area contributed by atoms with Crippen LogP contribution in [0.2, 0.25) is 0 Å². The Morgan fingerprint density at radius 2 is 0.500 bits per heavy atom. The van der Waals surface area contributed by atoms with Crippen molar-refractivity contribution < 1.29 is 434 Å². The fraction of sp³-hybridized carbons (Fsp3) is 0. The first-order chi connectivity index (χ1) is 8.83. The minimum atomic E-state index is -6.56. The monoisotopic (exact) mass is 684 g/mol. The van der Waals surface area contributed by atoms with Crippen molar-refractivity contribution in [2.45, 2.75) is 0 Å².